The molecule has 1 heterocycles. The van der Waals surface area contributed by atoms with Crippen LogP contribution in [0.2, 0.25) is 5.02 Å². The number of likely N-dealkylation sites (N-methyl/N-ethyl adjacent to an activating group) is 1. The van der Waals surface area contributed by atoms with E-state index in [9.17, 15) is 15.0 Å². The highest BCUT2D eigenvalue weighted by atomic mass is 35.5. The number of hydrogen-bond donors (Lipinski definition) is 3. The zero-order chi connectivity index (χ0) is 19.6. The Morgan fingerprint density at radius 1 is 1.18 bits per heavy atom. The van der Waals surface area contributed by atoms with Crippen molar-refractivity contribution in [2.75, 3.05) is 43.4 Å². The normalized spacial score (nSPS) is 14.5. The van der Waals surface area contributed by atoms with Crippen LogP contribution in [0.4, 0.5) is 11.4 Å². The number of phenolic OH excluding ortho intramolecular Hbond substituents is 1. The maximum absolute atomic E-state index is 11.3. The number of carbonyl (C=O) groups is 1. The lowest BCUT2D eigenvalue weighted by Crippen LogP contribution is -2.44. The monoisotopic (exact) mass is 425 g/mol. The van der Waals surface area contributed by atoms with Gasteiger partial charge in [0.25, 0.3) is 0 Å². The summed E-state index contributed by atoms with van der Waals surface area (Å²) in [5.41, 5.74) is 2.98. The molecule has 8 heteroatoms. The Kier molecular flexibility index (Phi) is 7.41. The lowest BCUT2D eigenvalue weighted by atomic mass is 10.1. The van der Waals surface area contributed by atoms with Crippen molar-refractivity contribution in [3.8, 4) is 5.75 Å². The maximum Gasteiger partial charge on any atom is 0.336 e. The highest BCUT2D eigenvalue weighted by molar-refractivity contribution is 6.31. The summed E-state index contributed by atoms with van der Waals surface area (Å²) in [6.07, 6.45) is 0. The number of nitrogens with zero attached hydrogens (tertiary/aromatic N) is 2. The molecule has 1 aliphatic rings. The van der Waals surface area contributed by atoms with Crippen LogP contribution in [0.5, 0.6) is 5.75 Å². The number of aromatic hydroxyl groups is 1. The lowest BCUT2D eigenvalue weighted by Gasteiger charge is -2.34. The molecule has 0 atom stereocenters. The fourth-order valence-corrected chi connectivity index (χ4v) is 3.40. The fourth-order valence-electron chi connectivity index (χ4n) is 3.16. The van der Waals surface area contributed by atoms with Gasteiger partial charge in [-0.2, -0.15) is 0 Å². The first-order chi connectivity index (χ1) is 12.8. The van der Waals surface area contributed by atoms with Crippen LogP contribution in [0, 0.1) is 6.92 Å². The molecule has 152 valence electrons. The molecule has 0 amide bonds. The second-order valence-electron chi connectivity index (χ2n) is 6.89. The minimum absolute atomic E-state index is 0. The van der Waals surface area contributed by atoms with E-state index in [4.69, 9.17) is 11.6 Å². The number of aromatic carboxylic acids is 1. The summed E-state index contributed by atoms with van der Waals surface area (Å²) < 4.78 is 0. The van der Waals surface area contributed by atoms with Crippen LogP contribution in [0.25, 0.3) is 0 Å². The standard InChI is InChI=1S/C20H24ClN3O3.ClH/c1-13-17(20(26)27)9-15(10-19(13)25)22-12-14-3-4-16(11-18(14)21)24-7-5-23(2)6-8-24;/h3-4,9-11,22,25H,5-8,12H2,1-2H3,(H,26,27);1H. The Hall–Kier alpha value is -2.15. The second kappa shape index (κ2) is 9.37. The molecule has 1 aliphatic heterocycles. The number of anilines is 2. The maximum atomic E-state index is 11.3. The van der Waals surface area contributed by atoms with Crippen molar-refractivity contribution in [2.24, 2.45) is 0 Å². The predicted octanol–water partition coefficient (Wildman–Crippen LogP) is 3.84. The van der Waals surface area contributed by atoms with E-state index in [0.29, 0.717) is 22.8 Å². The third-order valence-corrected chi connectivity index (χ3v) is 5.35. The SMILES string of the molecule is Cc1c(O)cc(NCc2ccc(N3CCN(C)CC3)cc2Cl)cc1C(=O)O.Cl. The summed E-state index contributed by atoms with van der Waals surface area (Å²) in [4.78, 5) is 15.9. The van der Waals surface area contributed by atoms with Crippen molar-refractivity contribution in [3.63, 3.8) is 0 Å². The Balaban J connectivity index is 0.00000280. The van der Waals surface area contributed by atoms with Gasteiger partial charge in [-0.25, -0.2) is 4.79 Å². The molecule has 1 fully saturated rings. The van der Waals surface area contributed by atoms with Crippen molar-refractivity contribution >= 4 is 41.4 Å². The Bertz CT molecular complexity index is 853. The Labute approximate surface area is 176 Å². The first-order valence-corrected chi connectivity index (χ1v) is 9.25. The van der Waals surface area contributed by atoms with Crippen LogP contribution in [-0.2, 0) is 6.54 Å². The number of piperazine rings is 1. The lowest BCUT2D eigenvalue weighted by molar-refractivity contribution is 0.0695. The van der Waals surface area contributed by atoms with Gasteiger partial charge in [0.2, 0.25) is 0 Å². The number of carboxylic acid groups (broad SMARTS) is 1. The number of rotatable bonds is 5. The number of hydrogen-bond acceptors (Lipinski definition) is 5. The summed E-state index contributed by atoms with van der Waals surface area (Å²) in [6.45, 7) is 6.03. The summed E-state index contributed by atoms with van der Waals surface area (Å²) >= 11 is 6.46. The first-order valence-electron chi connectivity index (χ1n) is 8.88. The van der Waals surface area contributed by atoms with E-state index in [1.54, 1.807) is 6.92 Å². The van der Waals surface area contributed by atoms with Crippen LogP contribution >= 0.6 is 24.0 Å². The van der Waals surface area contributed by atoms with Crippen LogP contribution < -0.4 is 10.2 Å². The topological polar surface area (TPSA) is 76.0 Å². The molecule has 6 nitrogen and oxygen atoms in total. The molecular formula is C20H25Cl2N3O3. The minimum Gasteiger partial charge on any atom is -0.508 e. The number of halogens is 2. The second-order valence-corrected chi connectivity index (χ2v) is 7.30. The summed E-state index contributed by atoms with van der Waals surface area (Å²) in [6, 6.07) is 9.05. The van der Waals surface area contributed by atoms with Crippen LogP contribution in [0.3, 0.4) is 0 Å². The van der Waals surface area contributed by atoms with Crippen molar-refractivity contribution in [1.82, 2.24) is 4.90 Å². The predicted molar refractivity (Wildman–Crippen MR) is 116 cm³/mol. The molecule has 0 bridgehead atoms. The number of carboxylic acids is 1. The van der Waals surface area contributed by atoms with Gasteiger partial charge >= 0.3 is 5.97 Å². The number of nitrogens with one attached hydrogen (secondary N) is 1. The summed E-state index contributed by atoms with van der Waals surface area (Å²) in [5, 5.41) is 23.0. The molecule has 0 aromatic heterocycles. The third kappa shape index (κ3) is 5.01. The van der Waals surface area contributed by atoms with E-state index in [2.05, 4.69) is 28.2 Å². The van der Waals surface area contributed by atoms with E-state index in [-0.39, 0.29) is 23.7 Å². The van der Waals surface area contributed by atoms with Gasteiger partial charge < -0.3 is 25.3 Å². The van der Waals surface area contributed by atoms with Crippen molar-refractivity contribution in [1.29, 1.82) is 0 Å². The zero-order valence-electron chi connectivity index (χ0n) is 15.9. The minimum atomic E-state index is -1.07. The summed E-state index contributed by atoms with van der Waals surface area (Å²) in [7, 11) is 2.12. The molecule has 0 spiro atoms. The first kappa shape index (κ1) is 22.1. The van der Waals surface area contributed by atoms with E-state index < -0.39 is 5.97 Å². The highest BCUT2D eigenvalue weighted by Crippen LogP contribution is 2.28. The van der Waals surface area contributed by atoms with E-state index >= 15 is 0 Å². The molecule has 1 saturated heterocycles. The van der Waals surface area contributed by atoms with Crippen molar-refractivity contribution in [2.45, 2.75) is 13.5 Å². The van der Waals surface area contributed by atoms with Gasteiger partial charge in [0.15, 0.2) is 0 Å². The van der Waals surface area contributed by atoms with E-state index in [1.165, 1.54) is 12.1 Å². The molecule has 0 unspecified atom stereocenters. The third-order valence-electron chi connectivity index (χ3n) is 5.00. The Morgan fingerprint density at radius 2 is 1.86 bits per heavy atom. The largest absolute Gasteiger partial charge is 0.508 e. The molecule has 3 N–H and O–H groups in total. The van der Waals surface area contributed by atoms with Gasteiger partial charge in [-0.3, -0.25) is 0 Å². The van der Waals surface area contributed by atoms with Crippen LogP contribution in [0.1, 0.15) is 21.5 Å². The Morgan fingerprint density at radius 3 is 2.46 bits per heavy atom. The smallest absolute Gasteiger partial charge is 0.336 e. The van der Waals surface area contributed by atoms with Gasteiger partial charge in [0.05, 0.1) is 5.56 Å². The molecule has 0 saturated carbocycles. The highest BCUT2D eigenvalue weighted by Gasteiger charge is 2.16. The molecule has 0 aliphatic carbocycles. The molecular weight excluding hydrogens is 401 g/mol. The zero-order valence-corrected chi connectivity index (χ0v) is 17.5. The van der Waals surface area contributed by atoms with Gasteiger partial charge in [0.1, 0.15) is 5.75 Å². The molecule has 3 rings (SSSR count). The molecule has 2 aromatic carbocycles. The van der Waals surface area contributed by atoms with Gasteiger partial charge in [-0.15, -0.1) is 12.4 Å². The quantitative estimate of drug-likeness (QED) is 0.675. The number of benzene rings is 2. The average molecular weight is 426 g/mol. The van der Waals surface area contributed by atoms with E-state index in [0.717, 1.165) is 37.4 Å². The van der Waals surface area contributed by atoms with Gasteiger partial charge in [-0.1, -0.05) is 17.7 Å². The van der Waals surface area contributed by atoms with Crippen LogP contribution in [-0.4, -0.2) is 54.3 Å². The van der Waals surface area contributed by atoms with Crippen molar-refractivity contribution in [3.05, 3.63) is 52.0 Å². The van der Waals surface area contributed by atoms with Crippen molar-refractivity contribution < 1.29 is 15.0 Å². The molecule has 0 radical (unpaired) electrons. The van der Waals surface area contributed by atoms with Crippen LogP contribution in [0.15, 0.2) is 30.3 Å². The number of phenols is 1. The summed E-state index contributed by atoms with van der Waals surface area (Å²) in [5.74, 6) is -1.12. The van der Waals surface area contributed by atoms with E-state index in [1.807, 2.05) is 12.1 Å². The molecule has 2 aromatic rings. The van der Waals surface area contributed by atoms with Gasteiger partial charge in [0, 0.05) is 60.8 Å². The fraction of sp³-hybridized carbons (Fsp3) is 0.350. The average Bonchev–Trinajstić information content (AvgIpc) is 2.63. The van der Waals surface area contributed by atoms with Gasteiger partial charge in [-0.05, 0) is 37.7 Å². The molecule has 28 heavy (non-hydrogen) atoms.